The summed E-state index contributed by atoms with van der Waals surface area (Å²) in [6.45, 7) is 2.81. The Labute approximate surface area is 136 Å². The average Bonchev–Trinajstić information content (AvgIpc) is 3.27. The van der Waals surface area contributed by atoms with Crippen molar-refractivity contribution in [2.75, 3.05) is 23.4 Å². The highest BCUT2D eigenvalue weighted by Crippen LogP contribution is 2.27. The second kappa shape index (κ2) is 6.78. The molecule has 0 spiro atoms. The summed E-state index contributed by atoms with van der Waals surface area (Å²) in [7, 11) is 0. The Morgan fingerprint density at radius 2 is 2.43 bits per heavy atom. The van der Waals surface area contributed by atoms with Crippen LogP contribution < -0.4 is 10.2 Å². The van der Waals surface area contributed by atoms with Crippen LogP contribution in [0.25, 0.3) is 0 Å². The van der Waals surface area contributed by atoms with Crippen molar-refractivity contribution in [1.29, 1.82) is 0 Å². The van der Waals surface area contributed by atoms with Crippen LogP contribution >= 0.6 is 11.3 Å². The maximum atomic E-state index is 12.5. The van der Waals surface area contributed by atoms with Gasteiger partial charge in [-0.25, -0.2) is 9.78 Å². The lowest BCUT2D eigenvalue weighted by Gasteiger charge is -2.22. The maximum Gasteiger partial charge on any atom is 0.356 e. The minimum absolute atomic E-state index is 0.153. The average molecular weight is 335 g/mol. The number of hydrogen-bond acceptors (Lipinski definition) is 7. The number of nitrogens with zero attached hydrogens (tertiary/aromatic N) is 3. The molecule has 2 aromatic heterocycles. The van der Waals surface area contributed by atoms with Crippen LogP contribution in [0.15, 0.2) is 17.6 Å². The molecular formula is C14H17N5O3S. The lowest BCUT2D eigenvalue weighted by atomic mass is 10.2. The van der Waals surface area contributed by atoms with Crippen LogP contribution in [0.3, 0.4) is 0 Å². The van der Waals surface area contributed by atoms with E-state index in [2.05, 4.69) is 20.5 Å². The van der Waals surface area contributed by atoms with E-state index in [1.165, 1.54) is 17.4 Å². The molecule has 3 rings (SSSR count). The number of ether oxygens (including phenoxy) is 1. The summed E-state index contributed by atoms with van der Waals surface area (Å²) in [5.41, 5.74) is 0.213. The Morgan fingerprint density at radius 1 is 1.57 bits per heavy atom. The molecule has 0 bridgehead atoms. The molecular weight excluding hydrogens is 318 g/mol. The summed E-state index contributed by atoms with van der Waals surface area (Å²) in [6, 6.07) is 1.20. The molecule has 1 amide bonds. The molecule has 1 atom stereocenters. The standard InChI is InChI=1S/C14H17N5O3S/c1-2-22-13(21)9-8-11(18-17-9)16-12(20)10-4-3-6-19(10)14-15-5-7-23-14/h5,7-8,10H,2-4,6H2,1H3,(H2,16,17,18,20)/t10-/m1/s1. The van der Waals surface area contributed by atoms with Crippen molar-refractivity contribution >= 4 is 34.2 Å². The second-order valence-corrected chi connectivity index (χ2v) is 5.92. The smallest absolute Gasteiger partial charge is 0.356 e. The highest BCUT2D eigenvalue weighted by atomic mass is 32.1. The van der Waals surface area contributed by atoms with Gasteiger partial charge < -0.3 is 15.0 Å². The van der Waals surface area contributed by atoms with E-state index in [0.29, 0.717) is 5.82 Å². The van der Waals surface area contributed by atoms with Gasteiger partial charge in [0.15, 0.2) is 10.9 Å². The highest BCUT2D eigenvalue weighted by molar-refractivity contribution is 7.13. The number of carbonyl (C=O) groups is 2. The van der Waals surface area contributed by atoms with Crippen molar-refractivity contribution in [2.45, 2.75) is 25.8 Å². The first-order chi connectivity index (χ1) is 11.2. The van der Waals surface area contributed by atoms with E-state index in [9.17, 15) is 9.59 Å². The molecule has 8 nitrogen and oxygen atoms in total. The summed E-state index contributed by atoms with van der Waals surface area (Å²) in [5.74, 6) is -0.338. The zero-order chi connectivity index (χ0) is 16.2. The minimum atomic E-state index is -0.495. The molecule has 2 N–H and O–H groups in total. The van der Waals surface area contributed by atoms with Crippen LogP contribution in [0.1, 0.15) is 30.3 Å². The van der Waals surface area contributed by atoms with E-state index in [4.69, 9.17) is 4.74 Å². The van der Waals surface area contributed by atoms with Gasteiger partial charge in [0.1, 0.15) is 11.7 Å². The van der Waals surface area contributed by atoms with Crippen LogP contribution in [0.2, 0.25) is 0 Å². The second-order valence-electron chi connectivity index (χ2n) is 5.04. The van der Waals surface area contributed by atoms with Gasteiger partial charge in [0.2, 0.25) is 5.91 Å². The number of aromatic amines is 1. The lowest BCUT2D eigenvalue weighted by Crippen LogP contribution is -2.39. The van der Waals surface area contributed by atoms with Crippen molar-refractivity contribution in [2.24, 2.45) is 0 Å². The van der Waals surface area contributed by atoms with E-state index in [1.807, 2.05) is 10.3 Å². The molecule has 0 unspecified atom stereocenters. The van der Waals surface area contributed by atoms with Crippen molar-refractivity contribution in [3.05, 3.63) is 23.3 Å². The Hall–Kier alpha value is -2.42. The number of esters is 1. The Bertz CT molecular complexity index is 684. The van der Waals surface area contributed by atoms with Crippen LogP contribution in [0, 0.1) is 0 Å². The van der Waals surface area contributed by atoms with Crippen LogP contribution in [0.4, 0.5) is 10.9 Å². The highest BCUT2D eigenvalue weighted by Gasteiger charge is 2.32. The van der Waals surface area contributed by atoms with Gasteiger partial charge in [-0.1, -0.05) is 0 Å². The fourth-order valence-electron chi connectivity index (χ4n) is 2.53. The fraction of sp³-hybridized carbons (Fsp3) is 0.429. The molecule has 1 fully saturated rings. The van der Waals surface area contributed by atoms with E-state index in [0.717, 1.165) is 24.5 Å². The van der Waals surface area contributed by atoms with Crippen molar-refractivity contribution in [3.63, 3.8) is 0 Å². The number of nitrogens with one attached hydrogen (secondary N) is 2. The summed E-state index contributed by atoms with van der Waals surface area (Å²) >= 11 is 1.51. The fourth-order valence-corrected chi connectivity index (χ4v) is 3.25. The molecule has 3 heterocycles. The van der Waals surface area contributed by atoms with Gasteiger partial charge in [0.25, 0.3) is 0 Å². The summed E-state index contributed by atoms with van der Waals surface area (Å²) in [4.78, 5) is 30.3. The number of hydrogen-bond donors (Lipinski definition) is 2. The van der Waals surface area contributed by atoms with Gasteiger partial charge in [0, 0.05) is 24.2 Å². The number of rotatable bonds is 5. The van der Waals surface area contributed by atoms with Gasteiger partial charge in [-0.3, -0.25) is 9.89 Å². The molecule has 1 saturated heterocycles. The van der Waals surface area contributed by atoms with E-state index < -0.39 is 5.97 Å². The van der Waals surface area contributed by atoms with Gasteiger partial charge in [-0.05, 0) is 19.8 Å². The Balaban J connectivity index is 1.66. The molecule has 9 heteroatoms. The number of H-pyrrole nitrogens is 1. The number of anilines is 2. The minimum Gasteiger partial charge on any atom is -0.461 e. The Kier molecular flexibility index (Phi) is 4.56. The van der Waals surface area contributed by atoms with Crippen LogP contribution in [-0.2, 0) is 9.53 Å². The summed E-state index contributed by atoms with van der Waals surface area (Å²) in [5, 5.41) is 12.0. The van der Waals surface area contributed by atoms with Gasteiger partial charge in [-0.15, -0.1) is 11.3 Å². The zero-order valence-electron chi connectivity index (χ0n) is 12.6. The van der Waals surface area contributed by atoms with Crippen molar-refractivity contribution < 1.29 is 14.3 Å². The normalized spacial score (nSPS) is 17.3. The first-order valence-electron chi connectivity index (χ1n) is 7.38. The van der Waals surface area contributed by atoms with Crippen LogP contribution in [-0.4, -0.2) is 46.3 Å². The zero-order valence-corrected chi connectivity index (χ0v) is 13.4. The predicted octanol–water partition coefficient (Wildman–Crippen LogP) is 1.65. The quantitative estimate of drug-likeness (QED) is 0.806. The third-order valence-electron chi connectivity index (χ3n) is 3.54. The summed E-state index contributed by atoms with van der Waals surface area (Å²) in [6.07, 6.45) is 3.43. The van der Waals surface area contributed by atoms with E-state index in [-0.39, 0.29) is 24.2 Å². The van der Waals surface area contributed by atoms with Gasteiger partial charge in [0.05, 0.1) is 6.61 Å². The van der Waals surface area contributed by atoms with Gasteiger partial charge >= 0.3 is 5.97 Å². The Morgan fingerprint density at radius 3 is 3.17 bits per heavy atom. The molecule has 0 saturated carbocycles. The topological polar surface area (TPSA) is 100 Å². The van der Waals surface area contributed by atoms with Crippen LogP contribution in [0.5, 0.6) is 0 Å². The third-order valence-corrected chi connectivity index (χ3v) is 4.35. The number of amides is 1. The molecule has 0 aromatic carbocycles. The largest absolute Gasteiger partial charge is 0.461 e. The molecule has 1 aliphatic heterocycles. The molecule has 2 aromatic rings. The van der Waals surface area contributed by atoms with Crippen molar-refractivity contribution in [1.82, 2.24) is 15.2 Å². The first-order valence-corrected chi connectivity index (χ1v) is 8.26. The molecule has 122 valence electrons. The first kappa shape index (κ1) is 15.5. The van der Waals surface area contributed by atoms with E-state index >= 15 is 0 Å². The predicted molar refractivity (Wildman–Crippen MR) is 85.7 cm³/mol. The SMILES string of the molecule is CCOC(=O)c1cc(NC(=O)[C@H]2CCCN2c2nccs2)n[nH]1. The van der Waals surface area contributed by atoms with Gasteiger partial charge in [-0.2, -0.15) is 5.10 Å². The lowest BCUT2D eigenvalue weighted by molar-refractivity contribution is -0.117. The maximum absolute atomic E-state index is 12.5. The molecule has 0 aliphatic carbocycles. The number of thiazole rings is 1. The molecule has 23 heavy (non-hydrogen) atoms. The monoisotopic (exact) mass is 335 g/mol. The molecule has 0 radical (unpaired) electrons. The number of carbonyl (C=O) groups excluding carboxylic acids is 2. The number of aromatic nitrogens is 3. The summed E-state index contributed by atoms with van der Waals surface area (Å²) < 4.78 is 4.87. The van der Waals surface area contributed by atoms with Crippen molar-refractivity contribution in [3.8, 4) is 0 Å². The molecule has 1 aliphatic rings. The van der Waals surface area contributed by atoms with E-state index in [1.54, 1.807) is 13.1 Å². The third kappa shape index (κ3) is 3.34.